The maximum Gasteiger partial charge on any atom is 0.345 e. The van der Waals surface area contributed by atoms with Crippen LogP contribution in [0, 0.1) is 23.7 Å². The lowest BCUT2D eigenvalue weighted by Gasteiger charge is -2.49. The number of aliphatic carboxylic acids is 1. The first kappa shape index (κ1) is 45.3. The maximum atomic E-state index is 13.8. The van der Waals surface area contributed by atoms with E-state index >= 15 is 0 Å². The summed E-state index contributed by atoms with van der Waals surface area (Å²) < 4.78 is 33.5. The summed E-state index contributed by atoms with van der Waals surface area (Å²) in [7, 11) is 0.836. The third-order valence-corrected chi connectivity index (χ3v) is 10.4. The third-order valence-electron chi connectivity index (χ3n) is 10.4. The summed E-state index contributed by atoms with van der Waals surface area (Å²) in [5.74, 6) is -9.32. The molecule has 0 spiro atoms. The van der Waals surface area contributed by atoms with Gasteiger partial charge >= 0.3 is 29.8 Å². The van der Waals surface area contributed by atoms with Gasteiger partial charge in [-0.15, -0.1) is 0 Å². The molecule has 3 N–H and O–H groups in total. The van der Waals surface area contributed by atoms with Crippen molar-refractivity contribution in [2.45, 2.75) is 128 Å². The zero-order chi connectivity index (χ0) is 41.3. The van der Waals surface area contributed by atoms with E-state index in [-0.39, 0.29) is 30.8 Å². The van der Waals surface area contributed by atoms with Gasteiger partial charge in [0.1, 0.15) is 12.2 Å². The molecular weight excluding hydrogens is 716 g/mol. The van der Waals surface area contributed by atoms with Gasteiger partial charge in [0.2, 0.25) is 23.1 Å². The first-order valence-electron chi connectivity index (χ1n) is 18.8. The topological polar surface area (TPSA) is 201 Å². The van der Waals surface area contributed by atoms with E-state index in [9.17, 15) is 39.3 Å². The Hall–Kier alpha value is -4.11. The molecule has 2 fully saturated rings. The monoisotopic (exact) mass is 774 g/mol. The smallest absolute Gasteiger partial charge is 0.345 e. The van der Waals surface area contributed by atoms with E-state index in [0.29, 0.717) is 24.3 Å². The van der Waals surface area contributed by atoms with Crippen LogP contribution in [0.5, 0.6) is 0 Å². The number of carboxylic acid groups (broad SMARTS) is 1. The molecule has 2 aliphatic heterocycles. The van der Waals surface area contributed by atoms with Gasteiger partial charge in [0.05, 0.1) is 13.7 Å². The number of esters is 4. The van der Waals surface area contributed by atoms with Gasteiger partial charge in [-0.05, 0) is 54.6 Å². The van der Waals surface area contributed by atoms with E-state index in [1.165, 1.54) is 6.92 Å². The molecule has 14 heteroatoms. The van der Waals surface area contributed by atoms with Crippen molar-refractivity contribution in [2.75, 3.05) is 13.7 Å². The number of benzene rings is 1. The SMILES string of the molecule is C=C(CC[C@@]12O[C@H](C(=O)OCCC(C)C)[C@@](O)(C(=O)OC)[C@@](C(=O)O)(O1)[C@H](OC(=O)/C=C/[C@@H](C)C[C@@H](C)CC)[C@H]2O)C(OC(C)=O)[C@H](C)Cc1ccccc1. The highest BCUT2D eigenvalue weighted by Crippen LogP contribution is 2.56. The summed E-state index contributed by atoms with van der Waals surface area (Å²) in [5, 5.41) is 35.1. The summed E-state index contributed by atoms with van der Waals surface area (Å²) in [6, 6.07) is 9.44. The number of carbonyl (C=O) groups is 5. The molecule has 0 saturated carbocycles. The number of hydrogen-bond acceptors (Lipinski definition) is 13. The van der Waals surface area contributed by atoms with Gasteiger partial charge in [0.25, 0.3) is 0 Å². The van der Waals surface area contributed by atoms with Gasteiger partial charge < -0.3 is 43.7 Å². The Bertz CT molecular complexity index is 1560. The Morgan fingerprint density at radius 3 is 2.27 bits per heavy atom. The zero-order valence-electron chi connectivity index (χ0n) is 33.1. The molecule has 0 aromatic heterocycles. The second-order valence-electron chi connectivity index (χ2n) is 15.3. The predicted octanol–water partition coefficient (Wildman–Crippen LogP) is 4.48. The minimum atomic E-state index is -3.55. The number of aliphatic hydroxyl groups is 2. The Labute approximate surface area is 323 Å². The normalized spacial score (nSPS) is 28.2. The molecular formula is C41H58O14. The van der Waals surface area contributed by atoms with Crippen molar-refractivity contribution in [3.8, 4) is 0 Å². The van der Waals surface area contributed by atoms with E-state index in [1.54, 1.807) is 6.08 Å². The summed E-state index contributed by atoms with van der Waals surface area (Å²) >= 11 is 0. The van der Waals surface area contributed by atoms with Gasteiger partial charge in [-0.2, -0.15) is 0 Å². The number of ether oxygens (including phenoxy) is 6. The quantitative estimate of drug-likeness (QED) is 0.0725. The van der Waals surface area contributed by atoms with Crippen LogP contribution >= 0.6 is 0 Å². The van der Waals surface area contributed by atoms with Crippen LogP contribution in [0.1, 0.15) is 86.1 Å². The van der Waals surface area contributed by atoms with Gasteiger partial charge in [-0.1, -0.05) is 91.0 Å². The van der Waals surface area contributed by atoms with Gasteiger partial charge in [-0.25, -0.2) is 19.2 Å². The van der Waals surface area contributed by atoms with Gasteiger partial charge in [0.15, 0.2) is 6.10 Å². The molecule has 0 radical (unpaired) electrons. The van der Waals surface area contributed by atoms with E-state index in [4.69, 9.17) is 28.4 Å². The summed E-state index contributed by atoms with van der Waals surface area (Å²) in [6.45, 7) is 16.7. The number of aliphatic hydroxyl groups excluding tert-OH is 1. The molecule has 0 amide bonds. The molecule has 2 saturated heterocycles. The predicted molar refractivity (Wildman–Crippen MR) is 198 cm³/mol. The standard InChI is InChI=1S/C41H58O14/c1-10-25(4)22-26(5)16-17-31(43)53-34-33(44)39(20-18-27(6)32(52-29(8)42)28(7)23-30-14-12-11-13-15-30)54-35(36(45)51-21-19-24(2)3)40(49,38(48)50-9)41(34,55-39)37(46)47/h11-17,24-26,28,32-35,44,49H,6,10,18-23H2,1-5,7-9H3,(H,46,47)/b17-16+/t25-,26+,28+,32?,33+,34+,35+,39+,40+,41+/m0/s1. The molecule has 10 atom stereocenters. The van der Waals surface area contributed by atoms with Crippen LogP contribution < -0.4 is 0 Å². The molecule has 1 unspecified atom stereocenters. The highest BCUT2D eigenvalue weighted by atomic mass is 16.8. The Kier molecular flexibility index (Phi) is 15.8. The fourth-order valence-electron chi connectivity index (χ4n) is 7.19. The molecule has 0 aliphatic carbocycles. The maximum absolute atomic E-state index is 13.8. The number of allylic oxidation sites excluding steroid dienone is 1. The van der Waals surface area contributed by atoms with Crippen LogP contribution in [0.4, 0.5) is 0 Å². The van der Waals surface area contributed by atoms with Crippen molar-refractivity contribution in [1.82, 2.24) is 0 Å². The minimum absolute atomic E-state index is 0.0721. The van der Waals surface area contributed by atoms with Crippen molar-refractivity contribution >= 4 is 29.8 Å². The van der Waals surface area contributed by atoms with Crippen LogP contribution in [-0.2, 0) is 58.8 Å². The number of carboxylic acids is 1. The first-order chi connectivity index (χ1) is 25.8. The van der Waals surface area contributed by atoms with E-state index in [0.717, 1.165) is 31.6 Å². The molecule has 1 aromatic rings. The fraction of sp³-hybridized carbons (Fsp3) is 0.634. The van der Waals surface area contributed by atoms with Crippen molar-refractivity contribution in [2.24, 2.45) is 23.7 Å². The second kappa shape index (κ2) is 19.2. The average Bonchev–Trinajstić information content (AvgIpc) is 3.35. The first-order valence-corrected chi connectivity index (χ1v) is 18.8. The van der Waals surface area contributed by atoms with Gasteiger partial charge in [0, 0.05) is 25.3 Å². The highest BCUT2D eigenvalue weighted by molar-refractivity contribution is 5.99. The average molecular weight is 775 g/mol. The lowest BCUT2D eigenvalue weighted by atomic mass is 9.74. The van der Waals surface area contributed by atoms with Crippen LogP contribution in [0.3, 0.4) is 0 Å². The van der Waals surface area contributed by atoms with E-state index < -0.39 is 77.7 Å². The third kappa shape index (κ3) is 10.0. The highest BCUT2D eigenvalue weighted by Gasteiger charge is 2.86. The Balaban J connectivity index is 2.11. The second-order valence-corrected chi connectivity index (χ2v) is 15.3. The molecule has 1 aromatic carbocycles. The number of rotatable bonds is 20. The van der Waals surface area contributed by atoms with Crippen LogP contribution in [0.2, 0.25) is 0 Å². The lowest BCUT2D eigenvalue weighted by Crippen LogP contribution is -2.78. The van der Waals surface area contributed by atoms with Crippen molar-refractivity contribution in [3.05, 3.63) is 60.2 Å². The number of fused-ring (bicyclic) bond motifs is 2. The largest absolute Gasteiger partial charge is 0.479 e. The van der Waals surface area contributed by atoms with Crippen LogP contribution in [0.25, 0.3) is 0 Å². The van der Waals surface area contributed by atoms with Crippen molar-refractivity contribution in [3.63, 3.8) is 0 Å². The number of carbonyl (C=O) groups excluding carboxylic acids is 4. The lowest BCUT2D eigenvalue weighted by molar-refractivity contribution is -0.374. The summed E-state index contributed by atoms with van der Waals surface area (Å²) in [5.41, 5.74) is -5.63. The molecule has 55 heavy (non-hydrogen) atoms. The van der Waals surface area contributed by atoms with E-state index in [1.807, 2.05) is 65.0 Å². The number of methoxy groups -OCH3 is 1. The number of hydrogen-bond donors (Lipinski definition) is 3. The zero-order valence-corrected chi connectivity index (χ0v) is 33.1. The minimum Gasteiger partial charge on any atom is -0.479 e. The summed E-state index contributed by atoms with van der Waals surface area (Å²) in [4.78, 5) is 66.4. The molecule has 2 aliphatic rings. The van der Waals surface area contributed by atoms with Crippen LogP contribution in [-0.4, -0.2) is 100 Å². The van der Waals surface area contributed by atoms with Crippen LogP contribution in [0.15, 0.2) is 54.6 Å². The van der Waals surface area contributed by atoms with E-state index in [2.05, 4.69) is 13.5 Å². The molecule has 306 valence electrons. The molecule has 3 rings (SSSR count). The Morgan fingerprint density at radius 1 is 1.05 bits per heavy atom. The molecule has 14 nitrogen and oxygen atoms in total. The fourth-order valence-corrected chi connectivity index (χ4v) is 7.19. The van der Waals surface area contributed by atoms with Crippen molar-refractivity contribution in [1.29, 1.82) is 0 Å². The molecule has 2 heterocycles. The summed E-state index contributed by atoms with van der Waals surface area (Å²) in [6.07, 6.45) is -3.41. The van der Waals surface area contributed by atoms with Crippen molar-refractivity contribution < 1.29 is 67.7 Å². The Morgan fingerprint density at radius 2 is 1.71 bits per heavy atom. The van der Waals surface area contributed by atoms with Gasteiger partial charge in [-0.3, -0.25) is 4.79 Å². The molecule has 2 bridgehead atoms.